The van der Waals surface area contributed by atoms with Crippen molar-refractivity contribution >= 4 is 29.6 Å². The molecule has 5 amide bonds. The number of urea groups is 1. The van der Waals surface area contributed by atoms with E-state index in [9.17, 15) is 24.3 Å². The number of carbonyl (C=O) groups is 4. The third-order valence-electron chi connectivity index (χ3n) is 10.1. The summed E-state index contributed by atoms with van der Waals surface area (Å²) in [5, 5.41) is 13.3. The van der Waals surface area contributed by atoms with Gasteiger partial charge >= 0.3 is 12.1 Å². The van der Waals surface area contributed by atoms with Crippen molar-refractivity contribution in [3.63, 3.8) is 0 Å². The maximum absolute atomic E-state index is 13.9. The summed E-state index contributed by atoms with van der Waals surface area (Å²) in [6, 6.07) is 11.5. The molecule has 3 fully saturated rings. The fraction of sp³-hybridized carbons (Fsp3) is 0.543. The molecule has 6 rings (SSSR count). The standard InChI is InChI=1S/C35H45N5O6/c1-23-20-25(21-24(2)32(23)42)22-30(33(43)37-15-10-27(11-16-37)39-14-5-8-31(39)41)46-35(45)38-17-12-28(13-18-38)40-19-9-26-6-3-4-7-29(26)36-34(40)44/h3-4,6-7,20-21,27-28,30,42H,5,8-19,22H2,1-2H3,(H,36,44)/t30-/m1/s1. The normalized spacial score (nSPS) is 20.3. The number of amides is 5. The fourth-order valence-electron chi connectivity index (χ4n) is 7.51. The van der Waals surface area contributed by atoms with E-state index in [0.717, 1.165) is 36.2 Å². The van der Waals surface area contributed by atoms with Crippen molar-refractivity contribution in [1.29, 1.82) is 0 Å². The largest absolute Gasteiger partial charge is 0.507 e. The van der Waals surface area contributed by atoms with E-state index in [1.54, 1.807) is 9.80 Å². The lowest BCUT2D eigenvalue weighted by molar-refractivity contribution is -0.143. The first kappa shape index (κ1) is 31.7. The molecule has 0 aromatic heterocycles. The summed E-state index contributed by atoms with van der Waals surface area (Å²) in [6.45, 7) is 6.87. The maximum Gasteiger partial charge on any atom is 0.410 e. The third kappa shape index (κ3) is 6.78. The molecule has 11 nitrogen and oxygen atoms in total. The lowest BCUT2D eigenvalue weighted by Crippen LogP contribution is -2.52. The molecule has 4 aliphatic rings. The van der Waals surface area contributed by atoms with Crippen LogP contribution in [0.2, 0.25) is 0 Å². The number of likely N-dealkylation sites (tertiary alicyclic amines) is 3. The van der Waals surface area contributed by atoms with Crippen molar-refractivity contribution < 1.29 is 29.0 Å². The quantitative estimate of drug-likeness (QED) is 0.492. The van der Waals surface area contributed by atoms with Gasteiger partial charge in [0.25, 0.3) is 5.91 Å². The number of phenolic OH excluding ortho intramolecular Hbond substituents is 1. The first-order chi connectivity index (χ1) is 22.2. The van der Waals surface area contributed by atoms with Gasteiger partial charge in [0.05, 0.1) is 0 Å². The molecule has 4 aliphatic heterocycles. The van der Waals surface area contributed by atoms with Gasteiger partial charge in [0, 0.05) is 69.9 Å². The molecule has 246 valence electrons. The van der Waals surface area contributed by atoms with Gasteiger partial charge in [0.2, 0.25) is 5.91 Å². The average Bonchev–Trinajstić information content (AvgIpc) is 3.41. The zero-order valence-electron chi connectivity index (χ0n) is 26.9. The third-order valence-corrected chi connectivity index (χ3v) is 10.1. The molecule has 0 aliphatic carbocycles. The number of rotatable bonds is 6. The van der Waals surface area contributed by atoms with Gasteiger partial charge in [-0.15, -0.1) is 0 Å². The number of ether oxygens (including phenoxy) is 1. The molecule has 0 radical (unpaired) electrons. The molecule has 0 saturated carbocycles. The Kier molecular flexibility index (Phi) is 9.37. The summed E-state index contributed by atoms with van der Waals surface area (Å²) in [5.41, 5.74) is 4.17. The van der Waals surface area contributed by atoms with Crippen molar-refractivity contribution in [1.82, 2.24) is 19.6 Å². The zero-order valence-corrected chi connectivity index (χ0v) is 26.9. The molecule has 0 bridgehead atoms. The minimum Gasteiger partial charge on any atom is -0.507 e. The Morgan fingerprint density at radius 2 is 1.50 bits per heavy atom. The van der Waals surface area contributed by atoms with Crippen molar-refractivity contribution in [2.75, 3.05) is 44.6 Å². The molecular formula is C35H45N5O6. The van der Waals surface area contributed by atoms with E-state index in [1.807, 2.05) is 60.0 Å². The van der Waals surface area contributed by atoms with Crippen LogP contribution in [0.1, 0.15) is 60.8 Å². The Labute approximate surface area is 270 Å². The van der Waals surface area contributed by atoms with Crippen LogP contribution >= 0.6 is 0 Å². The topological polar surface area (TPSA) is 123 Å². The summed E-state index contributed by atoms with van der Waals surface area (Å²) in [5.74, 6) is 0.172. The van der Waals surface area contributed by atoms with E-state index < -0.39 is 12.2 Å². The van der Waals surface area contributed by atoms with Crippen molar-refractivity contribution in [2.45, 2.75) is 83.4 Å². The van der Waals surface area contributed by atoms with Gasteiger partial charge in [-0.05, 0) is 80.7 Å². The molecule has 11 heteroatoms. The SMILES string of the molecule is Cc1cc(C[C@@H](OC(=O)N2CCC(N3CCc4ccccc4NC3=O)CC2)C(=O)N2CCC(N3CCCC3=O)CC2)cc(C)c1O. The van der Waals surface area contributed by atoms with Crippen LogP contribution in [-0.4, -0.2) is 106 Å². The molecule has 2 aromatic carbocycles. The van der Waals surface area contributed by atoms with Crippen LogP contribution in [0.15, 0.2) is 36.4 Å². The molecular weight excluding hydrogens is 586 g/mol. The number of nitrogens with one attached hydrogen (secondary N) is 1. The number of aryl methyl sites for hydroxylation is 2. The van der Waals surface area contributed by atoms with Gasteiger partial charge < -0.3 is 34.8 Å². The van der Waals surface area contributed by atoms with Gasteiger partial charge in [0.15, 0.2) is 6.10 Å². The predicted molar refractivity (Wildman–Crippen MR) is 173 cm³/mol. The van der Waals surface area contributed by atoms with Crippen molar-refractivity contribution in [2.24, 2.45) is 0 Å². The maximum atomic E-state index is 13.9. The van der Waals surface area contributed by atoms with Gasteiger partial charge in [-0.25, -0.2) is 9.59 Å². The molecule has 0 unspecified atom stereocenters. The van der Waals surface area contributed by atoms with Crippen molar-refractivity contribution in [3.8, 4) is 5.75 Å². The highest BCUT2D eigenvalue weighted by Crippen LogP contribution is 2.28. The summed E-state index contributed by atoms with van der Waals surface area (Å²) in [4.78, 5) is 60.0. The number of fused-ring (bicyclic) bond motifs is 1. The Balaban J connectivity index is 1.09. The summed E-state index contributed by atoms with van der Waals surface area (Å²) < 4.78 is 6.00. The second-order valence-electron chi connectivity index (χ2n) is 13.2. The second-order valence-corrected chi connectivity index (χ2v) is 13.2. The van der Waals surface area contributed by atoms with Gasteiger partial charge in [-0.2, -0.15) is 0 Å². The van der Waals surface area contributed by atoms with Gasteiger partial charge in [-0.1, -0.05) is 30.3 Å². The van der Waals surface area contributed by atoms with Crippen LogP contribution in [0.5, 0.6) is 5.75 Å². The number of nitrogens with zero attached hydrogens (tertiary/aromatic N) is 4. The van der Waals surface area contributed by atoms with Gasteiger partial charge in [-0.3, -0.25) is 9.59 Å². The summed E-state index contributed by atoms with van der Waals surface area (Å²) in [7, 11) is 0. The number of aromatic hydroxyl groups is 1. The molecule has 46 heavy (non-hydrogen) atoms. The molecule has 3 saturated heterocycles. The van der Waals surface area contributed by atoms with E-state index in [-0.39, 0.29) is 42.1 Å². The zero-order chi connectivity index (χ0) is 32.4. The van der Waals surface area contributed by atoms with Crippen LogP contribution in [0, 0.1) is 13.8 Å². The van der Waals surface area contributed by atoms with E-state index in [0.29, 0.717) is 76.0 Å². The predicted octanol–water partition coefficient (Wildman–Crippen LogP) is 4.22. The number of hydrogen-bond acceptors (Lipinski definition) is 6. The molecule has 2 aromatic rings. The first-order valence-electron chi connectivity index (χ1n) is 16.7. The minimum atomic E-state index is -1.02. The van der Waals surface area contributed by atoms with Crippen LogP contribution in [0.25, 0.3) is 0 Å². The second kappa shape index (κ2) is 13.6. The molecule has 2 N–H and O–H groups in total. The van der Waals surface area contributed by atoms with Crippen LogP contribution < -0.4 is 5.32 Å². The Morgan fingerprint density at radius 3 is 2.15 bits per heavy atom. The van der Waals surface area contributed by atoms with Crippen LogP contribution in [0.3, 0.4) is 0 Å². The number of hydrogen-bond donors (Lipinski definition) is 2. The number of carbonyl (C=O) groups excluding carboxylic acids is 4. The number of benzene rings is 2. The first-order valence-corrected chi connectivity index (χ1v) is 16.7. The smallest absolute Gasteiger partial charge is 0.410 e. The Hall–Kier alpha value is -4.28. The molecule has 1 atom stereocenters. The monoisotopic (exact) mass is 631 g/mol. The number of piperidine rings is 2. The summed E-state index contributed by atoms with van der Waals surface area (Å²) >= 11 is 0. The lowest BCUT2D eigenvalue weighted by atomic mass is 9.99. The van der Waals surface area contributed by atoms with Crippen LogP contribution in [0.4, 0.5) is 15.3 Å². The highest BCUT2D eigenvalue weighted by atomic mass is 16.6. The van der Waals surface area contributed by atoms with Gasteiger partial charge in [0.1, 0.15) is 5.75 Å². The van der Waals surface area contributed by atoms with Crippen LogP contribution in [-0.2, 0) is 27.2 Å². The molecule has 4 heterocycles. The Bertz CT molecular complexity index is 1460. The average molecular weight is 632 g/mol. The van der Waals surface area contributed by atoms with E-state index in [2.05, 4.69) is 5.32 Å². The van der Waals surface area contributed by atoms with E-state index >= 15 is 0 Å². The number of phenols is 1. The highest BCUT2D eigenvalue weighted by molar-refractivity contribution is 5.91. The lowest BCUT2D eigenvalue weighted by Gasteiger charge is -2.39. The van der Waals surface area contributed by atoms with E-state index in [1.165, 1.54) is 0 Å². The number of para-hydroxylation sites is 1. The minimum absolute atomic E-state index is 0.00234. The number of anilines is 1. The fourth-order valence-corrected chi connectivity index (χ4v) is 7.51. The summed E-state index contributed by atoms with van der Waals surface area (Å²) in [6.07, 6.45) is 3.55. The highest BCUT2D eigenvalue weighted by Gasteiger charge is 2.37. The van der Waals surface area contributed by atoms with E-state index in [4.69, 9.17) is 4.74 Å². The van der Waals surface area contributed by atoms with Crippen molar-refractivity contribution in [3.05, 3.63) is 58.7 Å². The Morgan fingerprint density at radius 1 is 0.870 bits per heavy atom. The molecule has 0 spiro atoms.